The summed E-state index contributed by atoms with van der Waals surface area (Å²) in [4.78, 5) is 2.63. The zero-order valence-electron chi connectivity index (χ0n) is 13.5. The van der Waals surface area contributed by atoms with Crippen LogP contribution in [0.1, 0.15) is 78.1 Å². The Balaban J connectivity index is 1.60. The molecule has 1 heterocycles. The van der Waals surface area contributed by atoms with Crippen molar-refractivity contribution in [3.63, 3.8) is 0 Å². The quantitative estimate of drug-likeness (QED) is 0.785. The van der Waals surface area contributed by atoms with Gasteiger partial charge in [0.15, 0.2) is 0 Å². The first kappa shape index (κ1) is 14.8. The second kappa shape index (κ2) is 5.61. The van der Waals surface area contributed by atoms with Crippen LogP contribution < -0.4 is 0 Å². The van der Waals surface area contributed by atoms with Crippen molar-refractivity contribution in [2.24, 2.45) is 10.8 Å². The molecule has 0 aromatic heterocycles. The van der Waals surface area contributed by atoms with Gasteiger partial charge in [0, 0.05) is 6.04 Å². The lowest BCUT2D eigenvalue weighted by atomic mass is 9.67. The summed E-state index contributed by atoms with van der Waals surface area (Å²) in [7, 11) is 0. The number of nitrogens with zero attached hydrogens (tertiary/aromatic N) is 1. The molecule has 3 aliphatic rings. The van der Waals surface area contributed by atoms with Gasteiger partial charge in [0.25, 0.3) is 0 Å². The van der Waals surface area contributed by atoms with Gasteiger partial charge in [-0.1, -0.05) is 39.5 Å². The van der Waals surface area contributed by atoms with Crippen LogP contribution in [0.25, 0.3) is 0 Å². The first-order valence-corrected chi connectivity index (χ1v) is 8.95. The Kier molecular flexibility index (Phi) is 4.16. The van der Waals surface area contributed by atoms with Crippen molar-refractivity contribution in [2.75, 3.05) is 13.1 Å². The second-order valence-electron chi connectivity index (χ2n) is 8.49. The highest BCUT2D eigenvalue weighted by Crippen LogP contribution is 2.46. The summed E-state index contributed by atoms with van der Waals surface area (Å²) in [6.45, 7) is 6.96. The first-order chi connectivity index (χ1) is 9.53. The van der Waals surface area contributed by atoms with Crippen molar-refractivity contribution in [2.45, 2.75) is 90.2 Å². The van der Waals surface area contributed by atoms with E-state index in [1.807, 2.05) is 0 Å². The Morgan fingerprint density at radius 3 is 2.15 bits per heavy atom. The SMILES string of the molecule is CC1(C)CCCC(N2CCC3(CCCCC3)CC2)C1O. The fraction of sp³-hybridized carbons (Fsp3) is 1.00. The molecule has 0 radical (unpaired) electrons. The van der Waals surface area contributed by atoms with Gasteiger partial charge in [-0.05, 0) is 62.4 Å². The molecule has 1 N–H and O–H groups in total. The van der Waals surface area contributed by atoms with Gasteiger partial charge in [-0.2, -0.15) is 0 Å². The van der Waals surface area contributed by atoms with E-state index in [2.05, 4.69) is 18.7 Å². The fourth-order valence-corrected chi connectivity index (χ4v) is 5.11. The predicted molar refractivity (Wildman–Crippen MR) is 83.8 cm³/mol. The maximum Gasteiger partial charge on any atom is 0.0746 e. The average Bonchev–Trinajstić information content (AvgIpc) is 2.44. The van der Waals surface area contributed by atoms with Crippen LogP contribution >= 0.6 is 0 Å². The van der Waals surface area contributed by atoms with Gasteiger partial charge in [-0.25, -0.2) is 0 Å². The maximum absolute atomic E-state index is 10.7. The third-order valence-corrected chi connectivity index (χ3v) is 6.73. The van der Waals surface area contributed by atoms with Crippen LogP contribution in [-0.4, -0.2) is 35.2 Å². The number of aliphatic hydroxyl groups is 1. The van der Waals surface area contributed by atoms with Crippen LogP contribution in [0.5, 0.6) is 0 Å². The minimum Gasteiger partial charge on any atom is -0.391 e. The van der Waals surface area contributed by atoms with Crippen LogP contribution in [0.4, 0.5) is 0 Å². The predicted octanol–water partition coefficient (Wildman–Crippen LogP) is 3.97. The van der Waals surface area contributed by atoms with Crippen molar-refractivity contribution in [3.05, 3.63) is 0 Å². The number of hydrogen-bond acceptors (Lipinski definition) is 2. The molecule has 2 unspecified atom stereocenters. The van der Waals surface area contributed by atoms with Gasteiger partial charge in [0.2, 0.25) is 0 Å². The average molecular weight is 279 g/mol. The normalized spacial score (nSPS) is 38.0. The lowest BCUT2D eigenvalue weighted by Gasteiger charge is -2.51. The monoisotopic (exact) mass is 279 g/mol. The molecule has 2 nitrogen and oxygen atoms in total. The highest BCUT2D eigenvalue weighted by Gasteiger charge is 2.43. The topological polar surface area (TPSA) is 23.5 Å². The van der Waals surface area contributed by atoms with E-state index in [0.29, 0.717) is 11.5 Å². The highest BCUT2D eigenvalue weighted by molar-refractivity contribution is 4.96. The van der Waals surface area contributed by atoms with Crippen molar-refractivity contribution in [1.29, 1.82) is 0 Å². The van der Waals surface area contributed by atoms with E-state index in [1.165, 1.54) is 77.3 Å². The van der Waals surface area contributed by atoms with Crippen LogP contribution in [0.2, 0.25) is 0 Å². The van der Waals surface area contributed by atoms with Gasteiger partial charge in [-0.3, -0.25) is 4.90 Å². The van der Waals surface area contributed by atoms with Crippen molar-refractivity contribution in [3.8, 4) is 0 Å². The molecule has 1 saturated heterocycles. The summed E-state index contributed by atoms with van der Waals surface area (Å²) >= 11 is 0. The molecule has 116 valence electrons. The van der Waals surface area contributed by atoms with Crippen molar-refractivity contribution in [1.82, 2.24) is 4.90 Å². The van der Waals surface area contributed by atoms with Gasteiger partial charge < -0.3 is 5.11 Å². The Labute approximate surface area is 124 Å². The zero-order chi connectivity index (χ0) is 14.2. The Bertz CT molecular complexity index is 322. The van der Waals surface area contributed by atoms with Crippen molar-refractivity contribution >= 4 is 0 Å². The third kappa shape index (κ3) is 2.78. The summed E-state index contributed by atoms with van der Waals surface area (Å²) in [6, 6.07) is 0.430. The van der Waals surface area contributed by atoms with Gasteiger partial charge in [0.1, 0.15) is 0 Å². The lowest BCUT2D eigenvalue weighted by Crippen LogP contribution is -2.55. The van der Waals surface area contributed by atoms with Gasteiger partial charge in [0.05, 0.1) is 6.10 Å². The lowest BCUT2D eigenvalue weighted by molar-refractivity contribution is -0.0746. The van der Waals surface area contributed by atoms with E-state index in [1.54, 1.807) is 0 Å². The standard InChI is InChI=1S/C18H33NO/c1-17(2)8-6-7-15(16(17)20)19-13-11-18(12-14-19)9-4-3-5-10-18/h15-16,20H,3-14H2,1-2H3. The molecular weight excluding hydrogens is 246 g/mol. The van der Waals surface area contributed by atoms with E-state index >= 15 is 0 Å². The first-order valence-electron chi connectivity index (χ1n) is 8.95. The minimum absolute atomic E-state index is 0.114. The number of aliphatic hydroxyl groups excluding tert-OH is 1. The fourth-order valence-electron chi connectivity index (χ4n) is 5.11. The summed E-state index contributed by atoms with van der Waals surface area (Å²) < 4.78 is 0. The van der Waals surface area contributed by atoms with Crippen LogP contribution in [-0.2, 0) is 0 Å². The molecule has 2 aliphatic carbocycles. The van der Waals surface area contributed by atoms with Gasteiger partial charge in [-0.15, -0.1) is 0 Å². The molecule has 20 heavy (non-hydrogen) atoms. The molecule has 3 rings (SSSR count). The summed E-state index contributed by atoms with van der Waals surface area (Å²) in [6.07, 6.45) is 13.6. The molecule has 2 heteroatoms. The summed E-state index contributed by atoms with van der Waals surface area (Å²) in [5, 5.41) is 10.7. The molecular formula is C18H33NO. The number of piperidine rings is 1. The van der Waals surface area contributed by atoms with Crippen LogP contribution in [0.3, 0.4) is 0 Å². The molecule has 0 aromatic carbocycles. The van der Waals surface area contributed by atoms with E-state index in [4.69, 9.17) is 0 Å². The summed E-state index contributed by atoms with van der Waals surface area (Å²) in [5.41, 5.74) is 0.798. The molecule has 1 aliphatic heterocycles. The number of hydrogen-bond donors (Lipinski definition) is 1. The maximum atomic E-state index is 10.7. The zero-order valence-corrected chi connectivity index (χ0v) is 13.5. The largest absolute Gasteiger partial charge is 0.391 e. The second-order valence-corrected chi connectivity index (χ2v) is 8.49. The summed E-state index contributed by atoms with van der Waals surface area (Å²) in [5.74, 6) is 0. The highest BCUT2D eigenvalue weighted by atomic mass is 16.3. The van der Waals surface area contributed by atoms with Gasteiger partial charge >= 0.3 is 0 Å². The van der Waals surface area contributed by atoms with E-state index in [9.17, 15) is 5.11 Å². The number of likely N-dealkylation sites (tertiary alicyclic amines) is 1. The minimum atomic E-state index is -0.128. The Morgan fingerprint density at radius 1 is 0.850 bits per heavy atom. The molecule has 2 saturated carbocycles. The molecule has 1 spiro atoms. The van der Waals surface area contributed by atoms with Crippen LogP contribution in [0.15, 0.2) is 0 Å². The van der Waals surface area contributed by atoms with E-state index in [0.717, 1.165) is 0 Å². The smallest absolute Gasteiger partial charge is 0.0746 e. The Morgan fingerprint density at radius 2 is 1.50 bits per heavy atom. The molecule has 0 amide bonds. The molecule has 0 aromatic rings. The Hall–Kier alpha value is -0.0800. The van der Waals surface area contributed by atoms with Crippen molar-refractivity contribution < 1.29 is 5.11 Å². The molecule has 3 fully saturated rings. The number of rotatable bonds is 1. The third-order valence-electron chi connectivity index (χ3n) is 6.73. The molecule has 2 atom stereocenters. The van der Waals surface area contributed by atoms with E-state index in [-0.39, 0.29) is 11.5 Å². The molecule has 0 bridgehead atoms. The van der Waals surface area contributed by atoms with E-state index < -0.39 is 0 Å². The van der Waals surface area contributed by atoms with Crippen LogP contribution in [0, 0.1) is 10.8 Å².